The Hall–Kier alpha value is -2.18. The Labute approximate surface area is 141 Å². The Morgan fingerprint density at radius 2 is 1.96 bits per heavy atom. The summed E-state index contributed by atoms with van der Waals surface area (Å²) >= 11 is 0. The zero-order chi connectivity index (χ0) is 16.5. The molecule has 0 aliphatic carbocycles. The third-order valence-electron chi connectivity index (χ3n) is 4.87. The number of amides is 1. The third kappa shape index (κ3) is 2.72. The largest absolute Gasteiger partial charge is 0.481 e. The van der Waals surface area contributed by atoms with Gasteiger partial charge in [-0.2, -0.15) is 0 Å². The molecule has 0 bridgehead atoms. The van der Waals surface area contributed by atoms with Crippen LogP contribution >= 0.6 is 0 Å². The summed E-state index contributed by atoms with van der Waals surface area (Å²) in [5.74, 6) is 0.527. The van der Waals surface area contributed by atoms with Crippen molar-refractivity contribution >= 4 is 16.8 Å². The summed E-state index contributed by atoms with van der Waals surface area (Å²) < 4.78 is 10.5. The molecule has 0 saturated carbocycles. The fourth-order valence-corrected chi connectivity index (χ4v) is 3.33. The summed E-state index contributed by atoms with van der Waals surface area (Å²) in [5, 5.41) is 0.873. The number of rotatable bonds is 3. The topological polar surface area (TPSA) is 54.9 Å². The summed E-state index contributed by atoms with van der Waals surface area (Å²) in [7, 11) is 1.57. The van der Waals surface area contributed by atoms with E-state index >= 15 is 0 Å². The predicted octanol–water partition coefficient (Wildman–Crippen LogP) is 1.40. The highest BCUT2D eigenvalue weighted by molar-refractivity contribution is 6.06. The fraction of sp³-hybridized carbons (Fsp3) is 0.444. The van der Waals surface area contributed by atoms with Crippen LogP contribution in [0.4, 0.5) is 0 Å². The van der Waals surface area contributed by atoms with E-state index in [1.165, 1.54) is 0 Å². The van der Waals surface area contributed by atoms with Gasteiger partial charge in [0.2, 0.25) is 5.88 Å². The summed E-state index contributed by atoms with van der Waals surface area (Å²) in [4.78, 5) is 21.8. The number of methoxy groups -OCH3 is 1. The first kappa shape index (κ1) is 15.4. The highest BCUT2D eigenvalue weighted by Gasteiger charge is 2.31. The Balaban J connectivity index is 1.57. The van der Waals surface area contributed by atoms with Crippen LogP contribution in [0.15, 0.2) is 30.3 Å². The first-order valence-corrected chi connectivity index (χ1v) is 8.31. The first-order valence-electron chi connectivity index (χ1n) is 8.31. The number of piperazine rings is 1. The van der Waals surface area contributed by atoms with E-state index < -0.39 is 0 Å². The van der Waals surface area contributed by atoms with Crippen molar-refractivity contribution in [2.45, 2.75) is 6.04 Å². The highest BCUT2D eigenvalue weighted by Crippen LogP contribution is 2.24. The molecular weight excluding hydrogens is 306 g/mol. The Kier molecular flexibility index (Phi) is 4.08. The summed E-state index contributed by atoms with van der Waals surface area (Å²) in [5.41, 5.74) is 1.45. The lowest BCUT2D eigenvalue weighted by Gasteiger charge is -2.42. The van der Waals surface area contributed by atoms with E-state index in [4.69, 9.17) is 9.47 Å². The van der Waals surface area contributed by atoms with Gasteiger partial charge in [-0.1, -0.05) is 18.2 Å². The summed E-state index contributed by atoms with van der Waals surface area (Å²) in [6.07, 6.45) is 0. The molecule has 4 rings (SSSR count). The second-order valence-electron chi connectivity index (χ2n) is 6.25. The number of aromatic nitrogens is 1. The molecule has 6 nitrogen and oxygen atoms in total. The van der Waals surface area contributed by atoms with Crippen LogP contribution in [0.5, 0.6) is 5.88 Å². The Bertz CT molecular complexity index is 752. The van der Waals surface area contributed by atoms with E-state index in [9.17, 15) is 4.79 Å². The average Bonchev–Trinajstić information content (AvgIpc) is 2.59. The molecule has 2 aliphatic rings. The zero-order valence-corrected chi connectivity index (χ0v) is 13.8. The molecule has 2 fully saturated rings. The normalized spacial score (nSPS) is 19.3. The van der Waals surface area contributed by atoms with Gasteiger partial charge in [-0.05, 0) is 6.07 Å². The maximum Gasteiger partial charge on any atom is 0.254 e. The molecular formula is C18H21N3O3. The predicted molar refractivity (Wildman–Crippen MR) is 90.4 cm³/mol. The van der Waals surface area contributed by atoms with Crippen molar-refractivity contribution in [3.63, 3.8) is 0 Å². The molecule has 1 aromatic heterocycles. The maximum absolute atomic E-state index is 13.0. The SMILES string of the molecule is COc1cc(C(=O)N2CCN(C3COC3)CC2)c2ccccc2n1. The lowest BCUT2D eigenvalue weighted by atomic mass is 10.1. The number of hydrogen-bond acceptors (Lipinski definition) is 5. The molecule has 6 heteroatoms. The van der Waals surface area contributed by atoms with Crippen molar-refractivity contribution in [2.75, 3.05) is 46.5 Å². The molecule has 2 aromatic rings. The number of nitrogens with zero attached hydrogens (tertiary/aromatic N) is 3. The smallest absolute Gasteiger partial charge is 0.254 e. The van der Waals surface area contributed by atoms with Crippen LogP contribution in [0.3, 0.4) is 0 Å². The molecule has 2 saturated heterocycles. The Morgan fingerprint density at radius 3 is 2.62 bits per heavy atom. The quantitative estimate of drug-likeness (QED) is 0.853. The molecule has 0 unspecified atom stereocenters. The van der Waals surface area contributed by atoms with Crippen LogP contribution in [0.25, 0.3) is 10.9 Å². The highest BCUT2D eigenvalue weighted by atomic mass is 16.5. The molecule has 0 atom stereocenters. The minimum atomic E-state index is 0.0522. The lowest BCUT2D eigenvalue weighted by Crippen LogP contribution is -2.57. The van der Waals surface area contributed by atoms with Crippen LogP contribution in [0.2, 0.25) is 0 Å². The van der Waals surface area contributed by atoms with Gasteiger partial charge < -0.3 is 14.4 Å². The third-order valence-corrected chi connectivity index (χ3v) is 4.87. The molecule has 3 heterocycles. The number of ether oxygens (including phenoxy) is 2. The molecule has 0 radical (unpaired) electrons. The zero-order valence-electron chi connectivity index (χ0n) is 13.8. The van der Waals surface area contributed by atoms with E-state index in [1.54, 1.807) is 13.2 Å². The molecule has 0 spiro atoms. The van der Waals surface area contributed by atoms with Gasteiger partial charge in [0.05, 0.1) is 37.4 Å². The van der Waals surface area contributed by atoms with Crippen LogP contribution in [-0.4, -0.2) is 73.2 Å². The van der Waals surface area contributed by atoms with Gasteiger partial charge >= 0.3 is 0 Å². The summed E-state index contributed by atoms with van der Waals surface area (Å²) in [6.45, 7) is 4.93. The number of fused-ring (bicyclic) bond motifs is 1. The molecule has 1 aromatic carbocycles. The van der Waals surface area contributed by atoms with Gasteiger partial charge in [-0.3, -0.25) is 9.69 Å². The molecule has 2 aliphatic heterocycles. The van der Waals surface area contributed by atoms with E-state index in [0.29, 0.717) is 17.5 Å². The van der Waals surface area contributed by atoms with E-state index in [2.05, 4.69) is 9.88 Å². The second-order valence-corrected chi connectivity index (χ2v) is 6.25. The number of para-hydroxylation sites is 1. The van der Waals surface area contributed by atoms with Crippen molar-refractivity contribution in [2.24, 2.45) is 0 Å². The van der Waals surface area contributed by atoms with Gasteiger partial charge in [-0.15, -0.1) is 0 Å². The van der Waals surface area contributed by atoms with Crippen LogP contribution in [-0.2, 0) is 4.74 Å². The number of carbonyl (C=O) groups is 1. The molecule has 126 valence electrons. The minimum Gasteiger partial charge on any atom is -0.481 e. The fourth-order valence-electron chi connectivity index (χ4n) is 3.33. The van der Waals surface area contributed by atoms with Crippen LogP contribution in [0, 0.1) is 0 Å². The standard InChI is InChI=1S/C18H21N3O3/c1-23-17-10-15(14-4-2-3-5-16(14)19-17)18(22)21-8-6-20(7-9-21)13-11-24-12-13/h2-5,10,13H,6-9,11-12H2,1H3. The number of pyridine rings is 1. The second kappa shape index (κ2) is 6.37. The van der Waals surface area contributed by atoms with Crippen molar-refractivity contribution in [1.29, 1.82) is 0 Å². The van der Waals surface area contributed by atoms with Crippen LogP contribution < -0.4 is 4.74 Å². The molecule has 0 N–H and O–H groups in total. The van der Waals surface area contributed by atoms with Crippen molar-refractivity contribution in [3.8, 4) is 5.88 Å². The molecule has 24 heavy (non-hydrogen) atoms. The average molecular weight is 327 g/mol. The van der Waals surface area contributed by atoms with Crippen molar-refractivity contribution in [1.82, 2.24) is 14.8 Å². The van der Waals surface area contributed by atoms with Crippen molar-refractivity contribution < 1.29 is 14.3 Å². The first-order chi connectivity index (χ1) is 11.8. The van der Waals surface area contributed by atoms with E-state index in [-0.39, 0.29) is 5.91 Å². The van der Waals surface area contributed by atoms with Gasteiger partial charge in [-0.25, -0.2) is 4.98 Å². The summed E-state index contributed by atoms with van der Waals surface area (Å²) in [6, 6.07) is 9.98. The number of hydrogen-bond donors (Lipinski definition) is 0. The van der Waals surface area contributed by atoms with Crippen molar-refractivity contribution in [3.05, 3.63) is 35.9 Å². The van der Waals surface area contributed by atoms with Gasteiger partial charge in [0.1, 0.15) is 0 Å². The number of benzene rings is 1. The maximum atomic E-state index is 13.0. The van der Waals surface area contributed by atoms with E-state index in [1.807, 2.05) is 29.2 Å². The van der Waals surface area contributed by atoms with Gasteiger partial charge in [0.15, 0.2) is 0 Å². The molecule has 1 amide bonds. The van der Waals surface area contributed by atoms with Gasteiger partial charge in [0.25, 0.3) is 5.91 Å². The number of carbonyl (C=O) groups excluding carboxylic acids is 1. The van der Waals surface area contributed by atoms with E-state index in [0.717, 1.165) is 50.3 Å². The monoisotopic (exact) mass is 327 g/mol. The lowest BCUT2D eigenvalue weighted by molar-refractivity contribution is -0.0746. The Morgan fingerprint density at radius 1 is 1.21 bits per heavy atom. The van der Waals surface area contributed by atoms with Gasteiger partial charge in [0, 0.05) is 37.6 Å². The van der Waals surface area contributed by atoms with Crippen LogP contribution in [0.1, 0.15) is 10.4 Å². The minimum absolute atomic E-state index is 0.0522.